The maximum absolute atomic E-state index is 13.8. The fourth-order valence-electron chi connectivity index (χ4n) is 3.21. The Morgan fingerprint density at radius 1 is 1.24 bits per heavy atom. The molecule has 0 N–H and O–H groups in total. The highest BCUT2D eigenvalue weighted by atomic mass is 19.4. The van der Waals surface area contributed by atoms with E-state index in [0.29, 0.717) is 24.8 Å². The highest BCUT2D eigenvalue weighted by molar-refractivity contribution is 5.74. The fraction of sp³-hybridized carbons (Fsp3) is 0.412. The summed E-state index contributed by atoms with van der Waals surface area (Å²) in [6.07, 6.45) is -8.52. The molecule has 1 aromatic carbocycles. The molecule has 158 valence electrons. The molecule has 0 amide bonds. The molecule has 1 atom stereocenters. The van der Waals surface area contributed by atoms with Gasteiger partial charge in [-0.25, -0.2) is 8.78 Å². The largest absolute Gasteiger partial charge is 0.480 e. The van der Waals surface area contributed by atoms with Gasteiger partial charge >= 0.3 is 12.1 Å². The molecular weight excluding hydrogens is 413 g/mol. The SMILES string of the molecule is O=[N+]([O-])C=C1CCCN1C1=CC(C(F)F)Oc2ccc(C(F)(F)C(F)(F)F)cc21. The predicted octanol–water partition coefficient (Wildman–Crippen LogP) is 4.92. The van der Waals surface area contributed by atoms with E-state index in [4.69, 9.17) is 4.74 Å². The van der Waals surface area contributed by atoms with Gasteiger partial charge in [0.2, 0.25) is 0 Å². The van der Waals surface area contributed by atoms with E-state index in [9.17, 15) is 40.8 Å². The molecule has 1 aromatic rings. The molecule has 1 fully saturated rings. The number of hydrogen-bond acceptors (Lipinski definition) is 4. The number of halogens is 7. The Morgan fingerprint density at radius 3 is 2.52 bits per heavy atom. The summed E-state index contributed by atoms with van der Waals surface area (Å²) in [6.45, 7) is 0.140. The standard InChI is InChI=1S/C17H13F7N2O3/c18-15(19)14-7-12(25-5-1-2-10(25)8-26(27)28)11-6-9(3-4-13(11)29-14)16(20,21)17(22,23)24/h3-4,6-8,14-15H,1-2,5H2. The van der Waals surface area contributed by atoms with Crippen LogP contribution >= 0.6 is 0 Å². The molecule has 1 unspecified atom stereocenters. The average Bonchev–Trinajstić information content (AvgIpc) is 3.06. The van der Waals surface area contributed by atoms with E-state index in [0.717, 1.165) is 12.1 Å². The number of nitrogens with zero attached hydrogens (tertiary/aromatic N) is 2. The number of benzene rings is 1. The molecule has 1 saturated heterocycles. The Balaban J connectivity index is 2.13. The van der Waals surface area contributed by atoms with E-state index >= 15 is 0 Å². The molecule has 12 heteroatoms. The zero-order valence-electron chi connectivity index (χ0n) is 14.4. The second kappa shape index (κ2) is 7.23. The van der Waals surface area contributed by atoms with Gasteiger partial charge in [-0.2, -0.15) is 22.0 Å². The number of allylic oxidation sites excluding steroid dienone is 1. The van der Waals surface area contributed by atoms with Gasteiger partial charge in [0, 0.05) is 17.7 Å². The minimum Gasteiger partial charge on any atom is -0.480 e. The van der Waals surface area contributed by atoms with Crippen molar-refractivity contribution < 1.29 is 40.4 Å². The molecular formula is C17H13F7N2O3. The molecule has 2 aliphatic rings. The molecule has 0 bridgehead atoms. The highest BCUT2D eigenvalue weighted by Crippen LogP contribution is 2.47. The van der Waals surface area contributed by atoms with Crippen molar-refractivity contribution in [3.05, 3.63) is 57.4 Å². The monoisotopic (exact) mass is 426 g/mol. The lowest BCUT2D eigenvalue weighted by molar-refractivity contribution is -0.404. The first-order valence-corrected chi connectivity index (χ1v) is 8.29. The van der Waals surface area contributed by atoms with Crippen molar-refractivity contribution >= 4 is 5.70 Å². The number of ether oxygens (including phenoxy) is 1. The molecule has 3 rings (SSSR count). The van der Waals surface area contributed by atoms with Crippen molar-refractivity contribution in [2.24, 2.45) is 0 Å². The Kier molecular flexibility index (Phi) is 5.22. The molecule has 0 spiro atoms. The summed E-state index contributed by atoms with van der Waals surface area (Å²) in [5.74, 6) is -5.50. The van der Waals surface area contributed by atoms with Crippen LogP contribution in [0.3, 0.4) is 0 Å². The minimum absolute atomic E-state index is 0.120. The van der Waals surface area contributed by atoms with Gasteiger partial charge in [0.15, 0.2) is 6.10 Å². The van der Waals surface area contributed by atoms with Gasteiger partial charge < -0.3 is 9.64 Å². The van der Waals surface area contributed by atoms with Gasteiger partial charge in [0.05, 0.1) is 16.3 Å². The Labute approximate surface area is 159 Å². The first kappa shape index (κ1) is 20.9. The van der Waals surface area contributed by atoms with Gasteiger partial charge in [-0.15, -0.1) is 0 Å². The van der Waals surface area contributed by atoms with E-state index in [2.05, 4.69) is 0 Å². The summed E-state index contributed by atoms with van der Waals surface area (Å²) in [5, 5.41) is 10.8. The number of alkyl halides is 7. The van der Waals surface area contributed by atoms with Gasteiger partial charge in [-0.1, -0.05) is 0 Å². The summed E-state index contributed by atoms with van der Waals surface area (Å²) in [4.78, 5) is 11.3. The van der Waals surface area contributed by atoms with Gasteiger partial charge in [-0.05, 0) is 37.1 Å². The summed E-state index contributed by atoms with van der Waals surface area (Å²) in [6, 6.07) is 1.73. The molecule has 0 aliphatic carbocycles. The first-order valence-electron chi connectivity index (χ1n) is 8.29. The van der Waals surface area contributed by atoms with Crippen LogP contribution in [0.25, 0.3) is 5.70 Å². The van der Waals surface area contributed by atoms with Crippen LogP contribution in [0.5, 0.6) is 5.75 Å². The van der Waals surface area contributed by atoms with E-state index in [1.807, 2.05) is 0 Å². The molecule has 2 heterocycles. The smallest absolute Gasteiger partial charge is 0.458 e. The lowest BCUT2D eigenvalue weighted by Crippen LogP contribution is -2.34. The maximum atomic E-state index is 13.8. The normalized spacial score (nSPS) is 21.2. The van der Waals surface area contributed by atoms with E-state index in [-0.39, 0.29) is 35.7 Å². The molecule has 5 nitrogen and oxygen atoms in total. The minimum atomic E-state index is -5.86. The Bertz CT molecular complexity index is 880. The van der Waals surface area contributed by atoms with Crippen LogP contribution in [0.4, 0.5) is 30.7 Å². The van der Waals surface area contributed by atoms with Gasteiger partial charge in [0.1, 0.15) is 5.75 Å². The third-order valence-corrected chi connectivity index (χ3v) is 4.51. The average molecular weight is 426 g/mol. The van der Waals surface area contributed by atoms with E-state index in [1.54, 1.807) is 0 Å². The topological polar surface area (TPSA) is 55.6 Å². The summed E-state index contributed by atoms with van der Waals surface area (Å²) in [7, 11) is 0. The molecule has 0 aromatic heterocycles. The van der Waals surface area contributed by atoms with Crippen molar-refractivity contribution in [3.8, 4) is 5.75 Å². The fourth-order valence-corrected chi connectivity index (χ4v) is 3.21. The number of hydrogen-bond donors (Lipinski definition) is 0. The quantitative estimate of drug-likeness (QED) is 0.390. The second-order valence-corrected chi connectivity index (χ2v) is 6.41. The van der Waals surface area contributed by atoms with Gasteiger partial charge in [-0.3, -0.25) is 10.1 Å². The van der Waals surface area contributed by atoms with Crippen LogP contribution in [0.2, 0.25) is 0 Å². The lowest BCUT2D eigenvalue weighted by atomic mass is 9.98. The molecule has 29 heavy (non-hydrogen) atoms. The van der Waals surface area contributed by atoms with Crippen molar-refractivity contribution in [2.75, 3.05) is 6.54 Å². The summed E-state index contributed by atoms with van der Waals surface area (Å²) >= 11 is 0. The van der Waals surface area contributed by atoms with Crippen molar-refractivity contribution in [1.29, 1.82) is 0 Å². The van der Waals surface area contributed by atoms with E-state index in [1.165, 1.54) is 4.90 Å². The Morgan fingerprint density at radius 2 is 1.93 bits per heavy atom. The number of rotatable bonds is 4. The number of fused-ring (bicyclic) bond motifs is 1. The third-order valence-electron chi connectivity index (χ3n) is 4.51. The van der Waals surface area contributed by atoms with Gasteiger partial charge in [0.25, 0.3) is 12.6 Å². The van der Waals surface area contributed by atoms with Crippen LogP contribution in [-0.2, 0) is 5.92 Å². The zero-order chi connectivity index (χ0) is 21.6. The maximum Gasteiger partial charge on any atom is 0.458 e. The van der Waals surface area contributed by atoms with Crippen LogP contribution in [-0.4, -0.2) is 35.1 Å². The predicted molar refractivity (Wildman–Crippen MR) is 85.8 cm³/mol. The van der Waals surface area contributed by atoms with Crippen LogP contribution < -0.4 is 4.74 Å². The van der Waals surface area contributed by atoms with Crippen LogP contribution in [0, 0.1) is 10.1 Å². The van der Waals surface area contributed by atoms with Crippen molar-refractivity contribution in [3.63, 3.8) is 0 Å². The summed E-state index contributed by atoms with van der Waals surface area (Å²) < 4.78 is 97.2. The highest BCUT2D eigenvalue weighted by Gasteiger charge is 2.59. The zero-order valence-corrected chi connectivity index (χ0v) is 14.4. The number of likely N-dealkylation sites (tertiary alicyclic amines) is 1. The Hall–Kier alpha value is -2.79. The second-order valence-electron chi connectivity index (χ2n) is 6.41. The van der Waals surface area contributed by atoms with E-state index < -0.39 is 35.1 Å². The number of nitro groups is 1. The van der Waals surface area contributed by atoms with Crippen molar-refractivity contribution in [1.82, 2.24) is 4.90 Å². The first-order chi connectivity index (χ1) is 13.4. The lowest BCUT2D eigenvalue weighted by Gasteiger charge is -2.31. The third kappa shape index (κ3) is 3.87. The van der Waals surface area contributed by atoms with Crippen molar-refractivity contribution in [2.45, 2.75) is 37.5 Å². The molecule has 2 aliphatic heterocycles. The molecule has 0 radical (unpaired) electrons. The molecule has 0 saturated carbocycles. The van der Waals surface area contributed by atoms with Crippen LogP contribution in [0.15, 0.2) is 36.2 Å². The summed E-state index contributed by atoms with van der Waals surface area (Å²) in [5.41, 5.74) is -1.69. The van der Waals surface area contributed by atoms with Crippen LogP contribution in [0.1, 0.15) is 24.0 Å².